The molecule has 2 aliphatic rings. The molecule has 2 aromatic carbocycles. The van der Waals surface area contributed by atoms with E-state index in [1.54, 1.807) is 11.8 Å². The van der Waals surface area contributed by atoms with Crippen molar-refractivity contribution in [3.63, 3.8) is 0 Å². The van der Waals surface area contributed by atoms with E-state index in [0.717, 1.165) is 17.0 Å². The van der Waals surface area contributed by atoms with Crippen LogP contribution < -0.4 is 5.73 Å². The first-order valence-electron chi connectivity index (χ1n) is 6.96. The molecule has 0 fully saturated rings. The van der Waals surface area contributed by atoms with Gasteiger partial charge in [0.1, 0.15) is 0 Å². The Balaban J connectivity index is 1.97. The van der Waals surface area contributed by atoms with Gasteiger partial charge >= 0.3 is 5.97 Å². The van der Waals surface area contributed by atoms with E-state index in [0.29, 0.717) is 11.3 Å². The van der Waals surface area contributed by atoms with Crippen LogP contribution in [0.2, 0.25) is 0 Å². The van der Waals surface area contributed by atoms with Crippen molar-refractivity contribution in [1.82, 2.24) is 4.90 Å². The molecule has 1 unspecified atom stereocenters. The van der Waals surface area contributed by atoms with E-state index in [-0.39, 0.29) is 5.97 Å². The highest BCUT2D eigenvalue weighted by Gasteiger charge is 2.51. The Morgan fingerprint density at radius 3 is 2.64 bits per heavy atom. The third kappa shape index (κ3) is 1.75. The Bertz CT molecular complexity index is 772. The van der Waals surface area contributed by atoms with Crippen molar-refractivity contribution in [1.29, 1.82) is 0 Å². The topological polar surface area (TPSA) is 55.6 Å². The number of carbonyl (C=O) groups is 1. The maximum absolute atomic E-state index is 12.4. The van der Waals surface area contributed by atoms with Gasteiger partial charge in [0.25, 0.3) is 0 Å². The monoisotopic (exact) mass is 310 g/mol. The van der Waals surface area contributed by atoms with Crippen LogP contribution >= 0.6 is 11.8 Å². The Hall–Kier alpha value is -2.40. The number of esters is 1. The standard InChI is InChI=1S/C17H14N2O2S/c18-13-7-5-12(6-8-13)17(19-9-10-22-11-19)15-4-2-1-3-14(15)16(20)21-17/h1-10H,11,18H2. The number of cyclic esters (lactones) is 1. The van der Waals surface area contributed by atoms with Crippen LogP contribution in [0.1, 0.15) is 21.5 Å². The number of benzene rings is 2. The van der Waals surface area contributed by atoms with Crippen LogP contribution in [0.25, 0.3) is 0 Å². The van der Waals surface area contributed by atoms with E-state index in [4.69, 9.17) is 10.5 Å². The lowest BCUT2D eigenvalue weighted by Gasteiger charge is -2.37. The minimum Gasteiger partial charge on any atom is -0.426 e. The van der Waals surface area contributed by atoms with Gasteiger partial charge in [-0.05, 0) is 23.6 Å². The van der Waals surface area contributed by atoms with Crippen LogP contribution in [0.4, 0.5) is 5.69 Å². The van der Waals surface area contributed by atoms with Crippen molar-refractivity contribution in [2.45, 2.75) is 5.72 Å². The highest BCUT2D eigenvalue weighted by atomic mass is 32.2. The van der Waals surface area contributed by atoms with Crippen LogP contribution in [0.5, 0.6) is 0 Å². The first-order valence-corrected chi connectivity index (χ1v) is 8.00. The molecule has 2 N–H and O–H groups in total. The Morgan fingerprint density at radius 2 is 1.91 bits per heavy atom. The minimum absolute atomic E-state index is 0.294. The van der Waals surface area contributed by atoms with Crippen LogP contribution in [0.3, 0.4) is 0 Å². The lowest BCUT2D eigenvalue weighted by atomic mass is 9.91. The number of nitrogens with zero attached hydrogens (tertiary/aromatic N) is 1. The number of nitrogen functional groups attached to an aromatic ring is 1. The van der Waals surface area contributed by atoms with Gasteiger partial charge in [-0.25, -0.2) is 4.79 Å². The molecule has 110 valence electrons. The molecule has 2 heterocycles. The summed E-state index contributed by atoms with van der Waals surface area (Å²) in [5.74, 6) is 0.434. The number of carbonyl (C=O) groups excluding carboxylic acids is 1. The average molecular weight is 310 g/mol. The van der Waals surface area contributed by atoms with E-state index < -0.39 is 5.72 Å². The second-order valence-electron chi connectivity index (χ2n) is 5.25. The molecular weight excluding hydrogens is 296 g/mol. The van der Waals surface area contributed by atoms with Crippen molar-refractivity contribution in [2.24, 2.45) is 0 Å². The fourth-order valence-corrected chi connectivity index (χ4v) is 3.73. The number of fused-ring (bicyclic) bond motifs is 1. The summed E-state index contributed by atoms with van der Waals surface area (Å²) in [4.78, 5) is 14.4. The number of hydrogen-bond acceptors (Lipinski definition) is 5. The summed E-state index contributed by atoms with van der Waals surface area (Å²) in [6, 6.07) is 15.0. The predicted molar refractivity (Wildman–Crippen MR) is 86.9 cm³/mol. The van der Waals surface area contributed by atoms with Crippen molar-refractivity contribution < 1.29 is 9.53 Å². The summed E-state index contributed by atoms with van der Waals surface area (Å²) in [5, 5.41) is 2.01. The molecule has 0 aromatic heterocycles. The van der Waals surface area contributed by atoms with E-state index >= 15 is 0 Å². The SMILES string of the molecule is Nc1ccc(C2(N3C=CSC3)OC(=O)c3ccccc32)cc1. The van der Waals surface area contributed by atoms with Gasteiger partial charge in [-0.1, -0.05) is 30.3 Å². The van der Waals surface area contributed by atoms with E-state index in [9.17, 15) is 4.79 Å². The largest absolute Gasteiger partial charge is 0.426 e. The third-order valence-corrected chi connectivity index (χ3v) is 4.75. The maximum atomic E-state index is 12.4. The van der Waals surface area contributed by atoms with Crippen molar-refractivity contribution in [3.8, 4) is 0 Å². The van der Waals surface area contributed by atoms with Gasteiger partial charge in [0.05, 0.1) is 11.4 Å². The van der Waals surface area contributed by atoms with Gasteiger partial charge in [-0.3, -0.25) is 0 Å². The molecule has 2 aromatic rings. The van der Waals surface area contributed by atoms with Crippen LogP contribution in [0, 0.1) is 0 Å². The molecule has 0 bridgehead atoms. The Kier molecular flexibility index (Phi) is 2.90. The van der Waals surface area contributed by atoms with Crippen LogP contribution in [-0.2, 0) is 10.5 Å². The summed E-state index contributed by atoms with van der Waals surface area (Å²) in [6.07, 6.45) is 1.97. The zero-order chi connectivity index (χ0) is 15.2. The number of thioether (sulfide) groups is 1. The lowest BCUT2D eigenvalue weighted by Crippen LogP contribution is -2.43. The highest BCUT2D eigenvalue weighted by Crippen LogP contribution is 2.46. The number of hydrogen-bond donors (Lipinski definition) is 1. The van der Waals surface area contributed by atoms with E-state index in [1.807, 2.05) is 65.0 Å². The first kappa shape index (κ1) is 13.3. The summed E-state index contributed by atoms with van der Waals surface area (Å²) in [6.45, 7) is 0. The molecule has 0 spiro atoms. The number of ether oxygens (including phenoxy) is 1. The highest BCUT2D eigenvalue weighted by molar-refractivity contribution is 8.02. The molecule has 0 amide bonds. The van der Waals surface area contributed by atoms with Crippen LogP contribution in [0.15, 0.2) is 60.1 Å². The second-order valence-corrected chi connectivity index (χ2v) is 6.12. The van der Waals surface area contributed by atoms with E-state index in [1.165, 1.54) is 0 Å². The molecule has 0 saturated carbocycles. The zero-order valence-corrected chi connectivity index (χ0v) is 12.5. The fraction of sp³-hybridized carbons (Fsp3) is 0.118. The fourth-order valence-electron chi connectivity index (χ4n) is 2.98. The summed E-state index contributed by atoms with van der Waals surface area (Å²) in [7, 11) is 0. The van der Waals surface area contributed by atoms with Gasteiger partial charge < -0.3 is 15.4 Å². The minimum atomic E-state index is -0.915. The second kappa shape index (κ2) is 4.81. The normalized spacial score (nSPS) is 22.7. The lowest BCUT2D eigenvalue weighted by molar-refractivity contribution is -0.0542. The Labute approximate surface area is 132 Å². The first-order chi connectivity index (χ1) is 10.7. The number of nitrogens with two attached hydrogens (primary N) is 1. The average Bonchev–Trinajstić information content (AvgIpc) is 3.16. The Morgan fingerprint density at radius 1 is 1.14 bits per heavy atom. The predicted octanol–water partition coefficient (Wildman–Crippen LogP) is 3.12. The molecule has 0 radical (unpaired) electrons. The molecule has 22 heavy (non-hydrogen) atoms. The van der Waals surface area contributed by atoms with Crippen molar-refractivity contribution >= 4 is 23.4 Å². The van der Waals surface area contributed by atoms with Gasteiger partial charge in [0.15, 0.2) is 0 Å². The molecule has 2 aliphatic heterocycles. The summed E-state index contributed by atoms with van der Waals surface area (Å²) < 4.78 is 5.91. The third-order valence-electron chi connectivity index (χ3n) is 4.01. The molecule has 1 atom stereocenters. The van der Waals surface area contributed by atoms with Crippen LogP contribution in [-0.4, -0.2) is 16.7 Å². The zero-order valence-electron chi connectivity index (χ0n) is 11.7. The maximum Gasteiger partial charge on any atom is 0.341 e. The number of rotatable bonds is 2. The van der Waals surface area contributed by atoms with Gasteiger partial charge in [0.2, 0.25) is 5.72 Å². The number of anilines is 1. The van der Waals surface area contributed by atoms with Gasteiger partial charge in [0, 0.05) is 23.0 Å². The molecule has 4 rings (SSSR count). The molecule has 0 saturated heterocycles. The molecule has 0 aliphatic carbocycles. The molecular formula is C17H14N2O2S. The summed E-state index contributed by atoms with van der Waals surface area (Å²) >= 11 is 1.67. The smallest absolute Gasteiger partial charge is 0.341 e. The van der Waals surface area contributed by atoms with Gasteiger partial charge in [-0.15, -0.1) is 11.8 Å². The van der Waals surface area contributed by atoms with E-state index in [2.05, 4.69) is 0 Å². The van der Waals surface area contributed by atoms with Crippen molar-refractivity contribution in [2.75, 3.05) is 11.6 Å². The molecule has 4 nitrogen and oxygen atoms in total. The quantitative estimate of drug-likeness (QED) is 0.682. The molecule has 5 heteroatoms. The summed E-state index contributed by atoms with van der Waals surface area (Å²) in [5.41, 5.74) is 7.96. The van der Waals surface area contributed by atoms with Gasteiger partial charge in [-0.2, -0.15) is 0 Å². The van der Waals surface area contributed by atoms with Crippen molar-refractivity contribution in [3.05, 3.63) is 76.8 Å².